The molecular formula is C17H17N3O3. The van der Waals surface area contributed by atoms with Gasteiger partial charge in [-0.3, -0.25) is 4.79 Å². The molecule has 1 heterocycles. The second kappa shape index (κ2) is 7.18. The normalized spacial score (nSPS) is 10.8. The molecule has 0 atom stereocenters. The maximum atomic E-state index is 12.3. The van der Waals surface area contributed by atoms with Crippen molar-refractivity contribution in [3.05, 3.63) is 47.8 Å². The Morgan fingerprint density at radius 1 is 1.26 bits per heavy atom. The first-order chi connectivity index (χ1) is 11.1. The van der Waals surface area contributed by atoms with Gasteiger partial charge in [0.1, 0.15) is 11.6 Å². The van der Waals surface area contributed by atoms with Crippen molar-refractivity contribution in [3.63, 3.8) is 0 Å². The number of aryl methyl sites for hydroxylation is 1. The Bertz CT molecular complexity index is 785. The monoisotopic (exact) mass is 311 g/mol. The Morgan fingerprint density at radius 3 is 2.57 bits per heavy atom. The van der Waals surface area contributed by atoms with Gasteiger partial charge in [0, 0.05) is 30.7 Å². The first-order valence-corrected chi connectivity index (χ1v) is 6.85. The summed E-state index contributed by atoms with van der Waals surface area (Å²) in [5.74, 6) is 0.571. The molecule has 0 unspecified atom stereocenters. The molecule has 6 heteroatoms. The third-order valence-electron chi connectivity index (χ3n) is 3.28. The Labute approximate surface area is 134 Å². The van der Waals surface area contributed by atoms with Crippen molar-refractivity contribution in [2.24, 2.45) is 7.05 Å². The third-order valence-corrected chi connectivity index (χ3v) is 3.28. The number of rotatable bonds is 5. The molecule has 0 bridgehead atoms. The van der Waals surface area contributed by atoms with Crippen LogP contribution in [0.2, 0.25) is 0 Å². The SMILES string of the molecule is COc1ccc(NC(=O)/C(C#N)=C/c2cccn2C)cc1OC. The largest absolute Gasteiger partial charge is 0.493 e. The molecule has 0 aliphatic rings. The van der Waals surface area contributed by atoms with Gasteiger partial charge in [0.25, 0.3) is 5.91 Å². The Kier molecular flexibility index (Phi) is 5.05. The molecule has 118 valence electrons. The first-order valence-electron chi connectivity index (χ1n) is 6.85. The van der Waals surface area contributed by atoms with E-state index in [0.29, 0.717) is 17.2 Å². The van der Waals surface area contributed by atoms with Crippen LogP contribution < -0.4 is 14.8 Å². The number of amides is 1. The molecule has 2 aromatic rings. The van der Waals surface area contributed by atoms with Gasteiger partial charge in [-0.25, -0.2) is 0 Å². The minimum Gasteiger partial charge on any atom is -0.493 e. The molecule has 0 saturated heterocycles. The smallest absolute Gasteiger partial charge is 0.266 e. The van der Waals surface area contributed by atoms with E-state index in [2.05, 4.69) is 5.32 Å². The van der Waals surface area contributed by atoms with Gasteiger partial charge >= 0.3 is 0 Å². The van der Waals surface area contributed by atoms with Crippen molar-refractivity contribution in [2.45, 2.75) is 0 Å². The second-order valence-corrected chi connectivity index (χ2v) is 4.74. The molecule has 1 aromatic heterocycles. The number of hydrogen-bond acceptors (Lipinski definition) is 4. The summed E-state index contributed by atoms with van der Waals surface area (Å²) < 4.78 is 12.2. The van der Waals surface area contributed by atoms with E-state index in [1.165, 1.54) is 20.3 Å². The average molecular weight is 311 g/mol. The number of methoxy groups -OCH3 is 2. The number of aromatic nitrogens is 1. The number of anilines is 1. The second-order valence-electron chi connectivity index (χ2n) is 4.74. The van der Waals surface area contributed by atoms with Gasteiger partial charge in [-0.2, -0.15) is 5.26 Å². The number of ether oxygens (including phenoxy) is 2. The molecule has 0 fully saturated rings. The quantitative estimate of drug-likeness (QED) is 0.680. The van der Waals surface area contributed by atoms with E-state index in [1.807, 2.05) is 36.0 Å². The summed E-state index contributed by atoms with van der Waals surface area (Å²) in [4.78, 5) is 12.3. The highest BCUT2D eigenvalue weighted by Gasteiger charge is 2.12. The first kappa shape index (κ1) is 16.2. The van der Waals surface area contributed by atoms with Crippen LogP contribution in [0, 0.1) is 11.3 Å². The summed E-state index contributed by atoms with van der Waals surface area (Å²) in [5, 5.41) is 11.9. The van der Waals surface area contributed by atoms with Crippen molar-refractivity contribution < 1.29 is 14.3 Å². The van der Waals surface area contributed by atoms with E-state index < -0.39 is 5.91 Å². The molecule has 1 aromatic carbocycles. The zero-order valence-corrected chi connectivity index (χ0v) is 13.2. The summed E-state index contributed by atoms with van der Waals surface area (Å²) in [6, 6.07) is 10.6. The van der Waals surface area contributed by atoms with E-state index in [0.717, 1.165) is 5.69 Å². The Hall–Kier alpha value is -3.20. The van der Waals surface area contributed by atoms with Crippen molar-refractivity contribution >= 4 is 17.7 Å². The fourth-order valence-electron chi connectivity index (χ4n) is 2.03. The molecule has 23 heavy (non-hydrogen) atoms. The van der Waals surface area contributed by atoms with Crippen LogP contribution in [0.4, 0.5) is 5.69 Å². The van der Waals surface area contributed by atoms with E-state index in [4.69, 9.17) is 9.47 Å². The number of benzene rings is 1. The predicted octanol–water partition coefficient (Wildman–Crippen LogP) is 2.59. The number of carbonyl (C=O) groups is 1. The van der Waals surface area contributed by atoms with Gasteiger partial charge < -0.3 is 19.4 Å². The van der Waals surface area contributed by atoms with Crippen LogP contribution in [0.25, 0.3) is 6.08 Å². The number of hydrogen-bond donors (Lipinski definition) is 1. The lowest BCUT2D eigenvalue weighted by Gasteiger charge is -2.10. The summed E-state index contributed by atoms with van der Waals surface area (Å²) in [7, 11) is 4.89. The van der Waals surface area contributed by atoms with E-state index in [9.17, 15) is 10.1 Å². The minimum absolute atomic E-state index is 0.0154. The molecule has 2 rings (SSSR count). The molecule has 0 aliphatic carbocycles. The van der Waals surface area contributed by atoms with E-state index in [-0.39, 0.29) is 5.57 Å². The maximum Gasteiger partial charge on any atom is 0.266 e. The van der Waals surface area contributed by atoms with Crippen LogP contribution in [-0.4, -0.2) is 24.7 Å². The summed E-state index contributed by atoms with van der Waals surface area (Å²) in [6.07, 6.45) is 3.38. The summed E-state index contributed by atoms with van der Waals surface area (Å²) in [5.41, 5.74) is 1.30. The third kappa shape index (κ3) is 3.71. The lowest BCUT2D eigenvalue weighted by atomic mass is 10.2. The van der Waals surface area contributed by atoms with Crippen LogP contribution in [-0.2, 0) is 11.8 Å². The number of nitrogens with one attached hydrogen (secondary N) is 1. The topological polar surface area (TPSA) is 76.3 Å². The van der Waals surface area contributed by atoms with E-state index in [1.54, 1.807) is 18.2 Å². The molecule has 0 spiro atoms. The van der Waals surface area contributed by atoms with Crippen LogP contribution in [0.5, 0.6) is 11.5 Å². The van der Waals surface area contributed by atoms with Gasteiger partial charge in [-0.05, 0) is 30.3 Å². The highest BCUT2D eigenvalue weighted by Crippen LogP contribution is 2.29. The van der Waals surface area contributed by atoms with Crippen LogP contribution >= 0.6 is 0 Å². The number of carbonyl (C=O) groups excluding carboxylic acids is 1. The maximum absolute atomic E-state index is 12.3. The lowest BCUT2D eigenvalue weighted by molar-refractivity contribution is -0.112. The number of nitrogens with zero attached hydrogens (tertiary/aromatic N) is 2. The zero-order chi connectivity index (χ0) is 16.8. The van der Waals surface area contributed by atoms with Gasteiger partial charge in [-0.15, -0.1) is 0 Å². The Balaban J connectivity index is 2.22. The predicted molar refractivity (Wildman–Crippen MR) is 87.2 cm³/mol. The standard InChI is InChI=1S/C17H17N3O3/c1-20-8-4-5-14(20)9-12(11-18)17(21)19-13-6-7-15(22-2)16(10-13)23-3/h4-10H,1-3H3,(H,19,21)/b12-9+. The van der Waals surface area contributed by atoms with Crippen LogP contribution in [0.1, 0.15) is 5.69 Å². The summed E-state index contributed by atoms with van der Waals surface area (Å²) in [6.45, 7) is 0. The van der Waals surface area contributed by atoms with Gasteiger partial charge in [0.2, 0.25) is 0 Å². The summed E-state index contributed by atoms with van der Waals surface area (Å²) >= 11 is 0. The van der Waals surface area contributed by atoms with Crippen LogP contribution in [0.15, 0.2) is 42.1 Å². The molecule has 0 radical (unpaired) electrons. The molecule has 1 amide bonds. The van der Waals surface area contributed by atoms with Crippen molar-refractivity contribution in [1.29, 1.82) is 5.26 Å². The average Bonchev–Trinajstić information content (AvgIpc) is 2.97. The van der Waals surface area contributed by atoms with Gasteiger partial charge in [0.05, 0.1) is 14.2 Å². The highest BCUT2D eigenvalue weighted by molar-refractivity contribution is 6.09. The lowest BCUT2D eigenvalue weighted by Crippen LogP contribution is -2.13. The molecule has 0 aliphatic heterocycles. The molecule has 6 nitrogen and oxygen atoms in total. The minimum atomic E-state index is -0.485. The molecule has 1 N–H and O–H groups in total. The van der Waals surface area contributed by atoms with Crippen molar-refractivity contribution in [3.8, 4) is 17.6 Å². The fraction of sp³-hybridized carbons (Fsp3) is 0.176. The molecular weight excluding hydrogens is 294 g/mol. The molecule has 0 saturated carbocycles. The van der Waals surface area contributed by atoms with Gasteiger partial charge in [-0.1, -0.05) is 0 Å². The van der Waals surface area contributed by atoms with Crippen molar-refractivity contribution in [2.75, 3.05) is 19.5 Å². The van der Waals surface area contributed by atoms with E-state index >= 15 is 0 Å². The van der Waals surface area contributed by atoms with Crippen molar-refractivity contribution in [1.82, 2.24) is 4.57 Å². The fourth-order valence-corrected chi connectivity index (χ4v) is 2.03. The zero-order valence-electron chi connectivity index (χ0n) is 13.2. The number of nitriles is 1. The van der Waals surface area contributed by atoms with Crippen LogP contribution in [0.3, 0.4) is 0 Å². The van der Waals surface area contributed by atoms with Gasteiger partial charge in [0.15, 0.2) is 11.5 Å². The highest BCUT2D eigenvalue weighted by atomic mass is 16.5. The Morgan fingerprint density at radius 2 is 2.00 bits per heavy atom.